The zero-order valence-electron chi connectivity index (χ0n) is 17.7. The minimum atomic E-state index is -3.10. The van der Waals surface area contributed by atoms with Crippen molar-refractivity contribution in [2.45, 2.75) is 32.4 Å². The monoisotopic (exact) mass is 437 g/mol. The summed E-state index contributed by atoms with van der Waals surface area (Å²) < 4.78 is 29.7. The Morgan fingerprint density at radius 2 is 1.77 bits per heavy atom. The number of rotatable bonds is 7. The van der Waals surface area contributed by atoms with E-state index in [1.54, 1.807) is 4.90 Å². The topological polar surface area (TPSA) is 63.7 Å². The number of hydrogen-bond acceptors (Lipinski definition) is 4. The molecule has 1 amide bonds. The summed E-state index contributed by atoms with van der Waals surface area (Å²) in [5.74, 6) is 0.903. The minimum absolute atomic E-state index is 0.0330. The molecule has 0 aliphatic carbocycles. The molecule has 1 aliphatic heterocycles. The largest absolute Gasteiger partial charge is 0.494 e. The van der Waals surface area contributed by atoms with Gasteiger partial charge in [0.25, 0.3) is 0 Å². The van der Waals surface area contributed by atoms with Crippen LogP contribution in [0.4, 0.5) is 0 Å². The van der Waals surface area contributed by atoms with Gasteiger partial charge >= 0.3 is 0 Å². The smallest absolute Gasteiger partial charge is 0.227 e. The van der Waals surface area contributed by atoms with Crippen LogP contribution in [0.25, 0.3) is 10.8 Å². The lowest BCUT2D eigenvalue weighted by Gasteiger charge is -2.29. The molecule has 1 atom stereocenters. The second-order valence-electron chi connectivity index (χ2n) is 7.97. The molecular weight excluding hydrogens is 410 g/mol. The number of carbonyl (C=O) groups is 1. The van der Waals surface area contributed by atoms with E-state index in [4.69, 9.17) is 4.74 Å². The Morgan fingerprint density at radius 1 is 1.03 bits per heavy atom. The van der Waals surface area contributed by atoms with Crippen molar-refractivity contribution >= 4 is 26.5 Å². The summed E-state index contributed by atoms with van der Waals surface area (Å²) in [6.45, 7) is 2.91. The molecule has 0 unspecified atom stereocenters. The molecule has 5 nitrogen and oxygen atoms in total. The molecule has 1 heterocycles. The lowest BCUT2D eigenvalue weighted by Crippen LogP contribution is -2.41. The predicted molar refractivity (Wildman–Crippen MR) is 123 cm³/mol. The van der Waals surface area contributed by atoms with E-state index in [0.29, 0.717) is 19.6 Å². The highest BCUT2D eigenvalue weighted by molar-refractivity contribution is 7.91. The Hall–Kier alpha value is -2.86. The van der Waals surface area contributed by atoms with Crippen molar-refractivity contribution in [2.24, 2.45) is 0 Å². The van der Waals surface area contributed by atoms with Crippen LogP contribution in [0.1, 0.15) is 24.5 Å². The molecule has 4 rings (SSSR count). The van der Waals surface area contributed by atoms with Gasteiger partial charge in [0.05, 0.1) is 24.5 Å². The average Bonchev–Trinajstić information content (AvgIpc) is 3.13. The summed E-state index contributed by atoms with van der Waals surface area (Å²) in [4.78, 5) is 15.2. The molecular formula is C25H27NO4S. The molecule has 3 aromatic rings. The van der Waals surface area contributed by atoms with E-state index >= 15 is 0 Å². The van der Waals surface area contributed by atoms with Gasteiger partial charge in [-0.05, 0) is 47.4 Å². The van der Waals surface area contributed by atoms with E-state index in [0.717, 1.165) is 27.6 Å². The van der Waals surface area contributed by atoms with E-state index in [1.807, 2.05) is 73.7 Å². The number of fused-ring (bicyclic) bond motifs is 1. The van der Waals surface area contributed by atoms with Gasteiger partial charge in [0.1, 0.15) is 5.75 Å². The number of hydrogen-bond donors (Lipinski definition) is 0. The van der Waals surface area contributed by atoms with Crippen LogP contribution in [0, 0.1) is 0 Å². The number of ether oxygens (including phenoxy) is 1. The van der Waals surface area contributed by atoms with Crippen LogP contribution < -0.4 is 4.74 Å². The Labute approximate surface area is 183 Å². The molecule has 0 radical (unpaired) electrons. The quantitative estimate of drug-likeness (QED) is 0.561. The second-order valence-corrected chi connectivity index (χ2v) is 10.2. The third-order valence-electron chi connectivity index (χ3n) is 5.78. The van der Waals surface area contributed by atoms with Gasteiger partial charge in [-0.2, -0.15) is 0 Å². The SMILES string of the molecule is CCOc1ccc(CN(C(=O)Cc2cccc3ccccc23)[C@@H]2CCS(=O)(=O)C2)cc1. The van der Waals surface area contributed by atoms with Crippen LogP contribution in [0.2, 0.25) is 0 Å². The molecule has 3 aromatic carbocycles. The Kier molecular flexibility index (Phi) is 6.28. The van der Waals surface area contributed by atoms with E-state index in [-0.39, 0.29) is 29.9 Å². The fourth-order valence-corrected chi connectivity index (χ4v) is 5.94. The number of nitrogens with zero attached hydrogens (tertiary/aromatic N) is 1. The van der Waals surface area contributed by atoms with Crippen LogP contribution in [-0.2, 0) is 27.6 Å². The number of sulfone groups is 1. The highest BCUT2D eigenvalue weighted by atomic mass is 32.2. The summed E-state index contributed by atoms with van der Waals surface area (Å²) in [5.41, 5.74) is 1.92. The second kappa shape index (κ2) is 9.10. The minimum Gasteiger partial charge on any atom is -0.494 e. The highest BCUT2D eigenvalue weighted by Gasteiger charge is 2.34. The molecule has 0 aromatic heterocycles. The highest BCUT2D eigenvalue weighted by Crippen LogP contribution is 2.24. The van der Waals surface area contributed by atoms with E-state index in [9.17, 15) is 13.2 Å². The van der Waals surface area contributed by atoms with Crippen LogP contribution in [0.5, 0.6) is 5.75 Å². The maximum atomic E-state index is 13.4. The number of amides is 1. The fraction of sp³-hybridized carbons (Fsp3) is 0.320. The van der Waals surface area contributed by atoms with Crippen LogP contribution in [-0.4, -0.2) is 43.4 Å². The Bertz CT molecular complexity index is 1170. The normalized spacial score (nSPS) is 17.5. The van der Waals surface area contributed by atoms with Gasteiger partial charge in [-0.25, -0.2) is 8.42 Å². The van der Waals surface area contributed by atoms with Gasteiger partial charge in [0.2, 0.25) is 5.91 Å². The van der Waals surface area contributed by atoms with Gasteiger partial charge in [-0.15, -0.1) is 0 Å². The molecule has 0 N–H and O–H groups in total. The molecule has 1 saturated heterocycles. The van der Waals surface area contributed by atoms with Crippen molar-refractivity contribution in [3.05, 3.63) is 77.9 Å². The standard InChI is InChI=1S/C25H27NO4S/c1-2-30-23-12-10-19(11-13-23)17-26(22-14-15-31(28,29)18-22)25(27)16-21-8-5-7-20-6-3-4-9-24(20)21/h3-13,22H,2,14-18H2,1H3/t22-/m1/s1. The van der Waals surface area contributed by atoms with Gasteiger partial charge in [0.15, 0.2) is 9.84 Å². The molecule has 0 spiro atoms. The van der Waals surface area contributed by atoms with Gasteiger partial charge in [-0.1, -0.05) is 54.6 Å². The maximum Gasteiger partial charge on any atom is 0.227 e. The Morgan fingerprint density at radius 3 is 2.48 bits per heavy atom. The maximum absolute atomic E-state index is 13.4. The first kappa shape index (κ1) is 21.4. The predicted octanol–water partition coefficient (Wildman–Crippen LogP) is 4.00. The van der Waals surface area contributed by atoms with E-state index in [2.05, 4.69) is 0 Å². The number of carbonyl (C=O) groups excluding carboxylic acids is 1. The first-order valence-electron chi connectivity index (χ1n) is 10.6. The summed E-state index contributed by atoms with van der Waals surface area (Å²) in [5, 5.41) is 2.15. The third kappa shape index (κ3) is 5.07. The van der Waals surface area contributed by atoms with E-state index < -0.39 is 9.84 Å². The zero-order valence-corrected chi connectivity index (χ0v) is 18.5. The molecule has 0 saturated carbocycles. The van der Waals surface area contributed by atoms with Crippen molar-refractivity contribution in [1.82, 2.24) is 4.90 Å². The van der Waals surface area contributed by atoms with Crippen LogP contribution in [0.3, 0.4) is 0 Å². The first-order valence-corrected chi connectivity index (χ1v) is 12.5. The summed E-state index contributed by atoms with van der Waals surface area (Å²) in [7, 11) is -3.10. The van der Waals surface area contributed by atoms with Gasteiger partial charge in [0, 0.05) is 12.6 Å². The fourth-order valence-electron chi connectivity index (χ4n) is 4.21. The molecule has 0 bridgehead atoms. The lowest BCUT2D eigenvalue weighted by molar-refractivity contribution is -0.133. The lowest BCUT2D eigenvalue weighted by atomic mass is 10.0. The number of benzene rings is 3. The van der Waals surface area contributed by atoms with Crippen molar-refractivity contribution in [2.75, 3.05) is 18.1 Å². The summed E-state index contributed by atoms with van der Waals surface area (Å²) >= 11 is 0. The van der Waals surface area contributed by atoms with Crippen LogP contribution in [0.15, 0.2) is 66.7 Å². The van der Waals surface area contributed by atoms with Gasteiger partial charge < -0.3 is 9.64 Å². The molecule has 31 heavy (non-hydrogen) atoms. The average molecular weight is 438 g/mol. The van der Waals surface area contributed by atoms with Gasteiger partial charge in [-0.3, -0.25) is 4.79 Å². The first-order chi connectivity index (χ1) is 14.9. The molecule has 162 valence electrons. The molecule has 1 aliphatic rings. The summed E-state index contributed by atoms with van der Waals surface area (Å²) in [6, 6.07) is 21.3. The summed E-state index contributed by atoms with van der Waals surface area (Å²) in [6.07, 6.45) is 0.732. The van der Waals surface area contributed by atoms with E-state index in [1.165, 1.54) is 0 Å². The Balaban J connectivity index is 1.59. The zero-order chi connectivity index (χ0) is 21.8. The van der Waals surface area contributed by atoms with Crippen molar-refractivity contribution in [3.8, 4) is 5.75 Å². The van der Waals surface area contributed by atoms with Crippen molar-refractivity contribution in [3.63, 3.8) is 0 Å². The molecule has 1 fully saturated rings. The van der Waals surface area contributed by atoms with Crippen molar-refractivity contribution in [1.29, 1.82) is 0 Å². The van der Waals surface area contributed by atoms with Crippen LogP contribution >= 0.6 is 0 Å². The molecule has 6 heteroatoms. The van der Waals surface area contributed by atoms with Crippen molar-refractivity contribution < 1.29 is 17.9 Å². The third-order valence-corrected chi connectivity index (χ3v) is 7.53.